The molecular formula is C19H25N5O3P+. The molecule has 0 aliphatic rings. The molecule has 28 heavy (non-hydrogen) atoms. The molecule has 8 nitrogen and oxygen atoms in total. The Morgan fingerprint density at radius 1 is 1.29 bits per heavy atom. The van der Waals surface area contributed by atoms with Crippen LogP contribution in [0.5, 0.6) is 5.75 Å². The van der Waals surface area contributed by atoms with Crippen molar-refractivity contribution in [3.63, 3.8) is 0 Å². The number of hydrogen-bond acceptors (Lipinski definition) is 6. The van der Waals surface area contributed by atoms with Crippen LogP contribution in [0, 0.1) is 0 Å². The van der Waals surface area contributed by atoms with Gasteiger partial charge in [0.25, 0.3) is 0 Å². The Hall–Kier alpha value is -2.70. The van der Waals surface area contributed by atoms with Crippen molar-refractivity contribution in [1.82, 2.24) is 14.5 Å². The van der Waals surface area contributed by atoms with E-state index in [4.69, 9.17) is 10.5 Å². The molecule has 0 bridgehead atoms. The molecule has 9 heteroatoms. The number of nitrogen functional groups attached to an aromatic ring is 1. The van der Waals surface area contributed by atoms with Crippen molar-refractivity contribution >= 4 is 36.1 Å². The van der Waals surface area contributed by atoms with Crippen LogP contribution < -0.4 is 21.1 Å². The first-order valence-electron chi connectivity index (χ1n) is 9.22. The Bertz CT molecular complexity index is 989. The summed E-state index contributed by atoms with van der Waals surface area (Å²) in [5.74, 6) is 1.56. The maximum Gasteiger partial charge on any atom is 0.546 e. The molecule has 0 aliphatic heterocycles. The summed E-state index contributed by atoms with van der Waals surface area (Å²) in [6, 6.07) is 6.88. The summed E-state index contributed by atoms with van der Waals surface area (Å²) in [5, 5.41) is 3.73. The van der Waals surface area contributed by atoms with Gasteiger partial charge in [-0.25, -0.2) is 4.98 Å². The Labute approximate surface area is 164 Å². The second-order valence-corrected chi connectivity index (χ2v) is 7.57. The second-order valence-electron chi connectivity index (χ2n) is 6.51. The topological polar surface area (TPSA) is 115 Å². The van der Waals surface area contributed by atoms with Crippen LogP contribution in [0.1, 0.15) is 31.7 Å². The number of methoxy groups -OCH3 is 1. The summed E-state index contributed by atoms with van der Waals surface area (Å²) in [4.78, 5) is 18.1. The molecule has 2 heterocycles. The van der Waals surface area contributed by atoms with E-state index in [0.29, 0.717) is 23.4 Å². The Morgan fingerprint density at radius 3 is 2.82 bits per heavy atom. The summed E-state index contributed by atoms with van der Waals surface area (Å²) in [6.07, 6.45) is 5.23. The molecule has 0 saturated carbocycles. The van der Waals surface area contributed by atoms with Crippen molar-refractivity contribution in [3.05, 3.63) is 36.0 Å². The van der Waals surface area contributed by atoms with E-state index in [2.05, 4.69) is 22.2 Å². The lowest BCUT2D eigenvalue weighted by atomic mass is 10.2. The first-order valence-corrected chi connectivity index (χ1v) is 10.4. The third kappa shape index (κ3) is 4.40. The molecule has 4 N–H and O–H groups in total. The Kier molecular flexibility index (Phi) is 6.44. The van der Waals surface area contributed by atoms with Crippen molar-refractivity contribution in [1.29, 1.82) is 0 Å². The van der Waals surface area contributed by atoms with Gasteiger partial charge in [-0.15, -0.1) is 0 Å². The summed E-state index contributed by atoms with van der Waals surface area (Å²) >= 11 is 0. The van der Waals surface area contributed by atoms with Crippen LogP contribution >= 0.6 is 8.03 Å². The third-order valence-electron chi connectivity index (χ3n) is 4.53. The van der Waals surface area contributed by atoms with E-state index in [1.54, 1.807) is 25.3 Å². The van der Waals surface area contributed by atoms with Gasteiger partial charge in [-0.1, -0.05) is 19.8 Å². The van der Waals surface area contributed by atoms with Crippen LogP contribution in [0.15, 0.2) is 30.5 Å². The molecule has 1 unspecified atom stereocenters. The van der Waals surface area contributed by atoms with Crippen molar-refractivity contribution in [2.75, 3.05) is 24.7 Å². The van der Waals surface area contributed by atoms with Gasteiger partial charge in [0, 0.05) is 24.4 Å². The summed E-state index contributed by atoms with van der Waals surface area (Å²) in [5.41, 5.74) is 8.24. The van der Waals surface area contributed by atoms with Crippen molar-refractivity contribution in [2.45, 2.75) is 32.7 Å². The molecule has 0 fully saturated rings. The van der Waals surface area contributed by atoms with Crippen LogP contribution in [0.3, 0.4) is 0 Å². The normalized spacial score (nSPS) is 11.6. The van der Waals surface area contributed by atoms with Crippen LogP contribution in [0.25, 0.3) is 11.0 Å². The quantitative estimate of drug-likeness (QED) is 0.372. The average Bonchev–Trinajstić information content (AvgIpc) is 3.07. The molecule has 0 amide bonds. The maximum absolute atomic E-state index is 11.5. The minimum absolute atomic E-state index is 0.222. The monoisotopic (exact) mass is 402 g/mol. The van der Waals surface area contributed by atoms with Crippen LogP contribution in [-0.2, 0) is 11.1 Å². The number of nitrogens with one attached hydrogen (secondary N) is 1. The lowest BCUT2D eigenvalue weighted by Gasteiger charge is -2.13. The van der Waals surface area contributed by atoms with Gasteiger partial charge in [-0.05, 0) is 29.2 Å². The zero-order chi connectivity index (χ0) is 20.1. The van der Waals surface area contributed by atoms with E-state index in [1.807, 2.05) is 16.8 Å². The number of ether oxygens (including phenoxy) is 1. The fraction of sp³-hybridized carbons (Fsp3) is 0.368. The third-order valence-corrected chi connectivity index (χ3v) is 5.25. The molecule has 2 aromatic heterocycles. The SMILES string of the molecule is CCCCCNc1nc(N)nc2ccn(Cc3cc([P+](=O)O)ccc3OC)c12. The van der Waals surface area contributed by atoms with Crippen molar-refractivity contribution < 1.29 is 14.2 Å². The van der Waals surface area contributed by atoms with Crippen LogP contribution in [0.4, 0.5) is 11.8 Å². The fourth-order valence-electron chi connectivity index (χ4n) is 3.15. The Morgan fingerprint density at radius 2 is 2.11 bits per heavy atom. The van der Waals surface area contributed by atoms with Gasteiger partial charge in [0.1, 0.15) is 11.3 Å². The zero-order valence-corrected chi connectivity index (χ0v) is 16.9. The predicted molar refractivity (Wildman–Crippen MR) is 112 cm³/mol. The number of nitrogens with two attached hydrogens (primary N) is 1. The summed E-state index contributed by atoms with van der Waals surface area (Å²) in [6.45, 7) is 3.41. The molecular weight excluding hydrogens is 377 g/mol. The van der Waals surface area contributed by atoms with Crippen LogP contribution in [0.2, 0.25) is 0 Å². The highest BCUT2D eigenvalue weighted by atomic mass is 31.1. The fourth-order valence-corrected chi connectivity index (χ4v) is 3.62. The number of fused-ring (bicyclic) bond motifs is 1. The van der Waals surface area contributed by atoms with Gasteiger partial charge in [0.15, 0.2) is 5.82 Å². The molecule has 148 valence electrons. The molecule has 3 rings (SSSR count). The lowest BCUT2D eigenvalue weighted by molar-refractivity contribution is 0.408. The molecule has 0 saturated heterocycles. The highest BCUT2D eigenvalue weighted by Crippen LogP contribution is 2.27. The highest BCUT2D eigenvalue weighted by Gasteiger charge is 2.20. The molecule has 0 aliphatic carbocycles. The van der Waals surface area contributed by atoms with Gasteiger partial charge in [-0.3, -0.25) is 0 Å². The predicted octanol–water partition coefficient (Wildman–Crippen LogP) is 3.03. The summed E-state index contributed by atoms with van der Waals surface area (Å²) < 4.78 is 18.9. The van der Waals surface area contributed by atoms with Gasteiger partial charge < -0.3 is 20.4 Å². The van der Waals surface area contributed by atoms with E-state index < -0.39 is 8.03 Å². The molecule has 0 radical (unpaired) electrons. The number of anilines is 2. The maximum atomic E-state index is 11.5. The van der Waals surface area contributed by atoms with Gasteiger partial charge in [0.05, 0.1) is 19.2 Å². The number of aromatic nitrogens is 3. The van der Waals surface area contributed by atoms with E-state index in [-0.39, 0.29) is 5.95 Å². The smallest absolute Gasteiger partial charge is 0.496 e. The molecule has 1 atom stereocenters. The lowest BCUT2D eigenvalue weighted by Crippen LogP contribution is -2.10. The highest BCUT2D eigenvalue weighted by molar-refractivity contribution is 7.47. The van der Waals surface area contributed by atoms with E-state index >= 15 is 0 Å². The number of rotatable bonds is 9. The van der Waals surface area contributed by atoms with Gasteiger partial charge >= 0.3 is 8.03 Å². The van der Waals surface area contributed by atoms with E-state index in [9.17, 15) is 9.46 Å². The molecule has 3 aromatic rings. The number of hydrogen-bond donors (Lipinski definition) is 3. The number of nitrogens with zero attached hydrogens (tertiary/aromatic N) is 3. The Balaban J connectivity index is 1.97. The number of unbranched alkanes of at least 4 members (excludes halogenated alkanes) is 2. The van der Waals surface area contributed by atoms with E-state index in [0.717, 1.165) is 42.4 Å². The first-order chi connectivity index (χ1) is 13.5. The second kappa shape index (κ2) is 8.99. The molecule has 1 aromatic carbocycles. The minimum atomic E-state index is -2.42. The van der Waals surface area contributed by atoms with E-state index in [1.165, 1.54) is 0 Å². The zero-order valence-electron chi connectivity index (χ0n) is 16.1. The van der Waals surface area contributed by atoms with Crippen LogP contribution in [-0.4, -0.2) is 33.1 Å². The van der Waals surface area contributed by atoms with Gasteiger partial charge in [-0.2, -0.15) is 9.88 Å². The number of benzene rings is 1. The average molecular weight is 402 g/mol. The molecule has 0 spiro atoms. The largest absolute Gasteiger partial charge is 0.546 e. The van der Waals surface area contributed by atoms with Crippen molar-refractivity contribution in [3.8, 4) is 5.75 Å². The summed E-state index contributed by atoms with van der Waals surface area (Å²) in [7, 11) is -0.839. The van der Waals surface area contributed by atoms with Crippen molar-refractivity contribution in [2.24, 2.45) is 0 Å². The first kappa shape index (κ1) is 20.0. The minimum Gasteiger partial charge on any atom is -0.496 e. The van der Waals surface area contributed by atoms with Gasteiger partial charge in [0.2, 0.25) is 11.3 Å². The standard InChI is InChI=1S/C19H24N5O3P/c1-3-4-5-9-21-18-17-15(22-19(20)23-18)8-10-24(17)12-13-11-14(28(25)26)6-7-16(13)27-2/h6-8,10-11H,3-5,9,12H2,1-2H3,(H3-,20,21,22,23,25,26)/p+1.